The normalized spacial score (nSPS) is 10.8. The Kier molecular flexibility index (Phi) is 6.62. The number of methoxy groups -OCH3 is 2. The Bertz CT molecular complexity index is 1610. The number of nitrogens with zero attached hydrogens (tertiary/aromatic N) is 1. The average molecular weight is 513 g/mol. The van der Waals surface area contributed by atoms with E-state index in [2.05, 4.69) is 34.2 Å². The van der Waals surface area contributed by atoms with Crippen molar-refractivity contribution in [3.8, 4) is 34.0 Å². The van der Waals surface area contributed by atoms with Gasteiger partial charge in [-0.15, -0.1) is 0 Å². The van der Waals surface area contributed by atoms with Crippen molar-refractivity contribution in [2.45, 2.75) is 0 Å². The minimum absolute atomic E-state index is 0.0206. The van der Waals surface area contributed by atoms with E-state index in [4.69, 9.17) is 25.8 Å². The summed E-state index contributed by atoms with van der Waals surface area (Å²) in [7, 11) is 2.46. The van der Waals surface area contributed by atoms with Crippen molar-refractivity contribution >= 4 is 34.6 Å². The van der Waals surface area contributed by atoms with Gasteiger partial charge < -0.3 is 19.2 Å². The Morgan fingerprint density at radius 3 is 2.11 bits per heavy atom. The summed E-state index contributed by atoms with van der Waals surface area (Å²) in [5.74, 6) is -1.06. The monoisotopic (exact) mass is 512 g/mol. The van der Waals surface area contributed by atoms with E-state index < -0.39 is 11.9 Å². The Balaban J connectivity index is 1.44. The van der Waals surface area contributed by atoms with E-state index in [0.29, 0.717) is 16.1 Å². The summed E-state index contributed by atoms with van der Waals surface area (Å²) in [6, 6.07) is 26.6. The second-order valence-corrected chi connectivity index (χ2v) is 8.53. The number of esters is 2. The van der Waals surface area contributed by atoms with Gasteiger partial charge in [0.1, 0.15) is 5.75 Å². The number of hydrogen-bond acceptors (Lipinski definition) is 6. The van der Waals surface area contributed by atoms with Crippen molar-refractivity contribution in [1.29, 1.82) is 0 Å². The molecular weight excluding hydrogens is 492 g/mol. The van der Waals surface area contributed by atoms with Gasteiger partial charge in [0, 0.05) is 5.56 Å². The number of imidazole rings is 1. The molecule has 1 heterocycles. The molecule has 7 nitrogen and oxygen atoms in total. The fraction of sp³-hybridized carbons (Fsp3) is 0.0690. The molecule has 0 bridgehead atoms. The Hall–Kier alpha value is -4.62. The van der Waals surface area contributed by atoms with E-state index in [1.165, 1.54) is 26.4 Å². The van der Waals surface area contributed by atoms with Crippen LogP contribution in [-0.4, -0.2) is 36.1 Å². The highest BCUT2D eigenvalue weighted by Gasteiger charge is 2.20. The lowest BCUT2D eigenvalue weighted by atomic mass is 10.00. The van der Waals surface area contributed by atoms with Crippen LogP contribution < -0.4 is 4.74 Å². The van der Waals surface area contributed by atoms with Crippen LogP contribution in [0, 0.1) is 0 Å². The molecule has 0 spiro atoms. The molecule has 0 saturated carbocycles. The third kappa shape index (κ3) is 4.90. The molecule has 1 N–H and O–H groups in total. The zero-order valence-electron chi connectivity index (χ0n) is 19.9. The van der Waals surface area contributed by atoms with E-state index in [0.717, 1.165) is 22.3 Å². The number of carbonyl (C=O) groups is 2. The van der Waals surface area contributed by atoms with Gasteiger partial charge in [-0.2, -0.15) is 4.98 Å². The van der Waals surface area contributed by atoms with Crippen LogP contribution >= 0.6 is 11.6 Å². The lowest BCUT2D eigenvalue weighted by Crippen LogP contribution is -2.11. The molecule has 5 rings (SSSR count). The first-order valence-electron chi connectivity index (χ1n) is 11.3. The molecule has 0 amide bonds. The lowest BCUT2D eigenvalue weighted by molar-refractivity contribution is 0.0555. The van der Waals surface area contributed by atoms with E-state index >= 15 is 0 Å². The molecule has 1 aromatic heterocycles. The minimum atomic E-state index is -0.690. The average Bonchev–Trinajstić information content (AvgIpc) is 3.33. The SMILES string of the molecule is COC(=O)c1ccc(Oc2nc3cc(-c4ccc(-c5ccccc5)cc4)c(Cl)cc3[nH]2)cc1C(=O)OC. The topological polar surface area (TPSA) is 90.5 Å². The predicted molar refractivity (Wildman–Crippen MR) is 141 cm³/mol. The van der Waals surface area contributed by atoms with Gasteiger partial charge in [0.2, 0.25) is 0 Å². The molecule has 0 aliphatic heterocycles. The zero-order valence-corrected chi connectivity index (χ0v) is 20.7. The molecule has 0 radical (unpaired) electrons. The highest BCUT2D eigenvalue weighted by Crippen LogP contribution is 2.34. The van der Waals surface area contributed by atoms with E-state index in [-0.39, 0.29) is 22.9 Å². The van der Waals surface area contributed by atoms with E-state index in [1.807, 2.05) is 36.4 Å². The van der Waals surface area contributed by atoms with Crippen molar-refractivity contribution in [3.63, 3.8) is 0 Å². The van der Waals surface area contributed by atoms with Gasteiger partial charge in [0.25, 0.3) is 6.01 Å². The molecule has 0 aliphatic rings. The number of halogens is 1. The van der Waals surface area contributed by atoms with Crippen LogP contribution in [0.15, 0.2) is 84.9 Å². The summed E-state index contributed by atoms with van der Waals surface area (Å²) in [5.41, 5.74) is 5.47. The zero-order chi connectivity index (χ0) is 25.9. The van der Waals surface area contributed by atoms with E-state index in [1.54, 1.807) is 12.1 Å². The molecule has 4 aromatic carbocycles. The number of H-pyrrole nitrogens is 1. The van der Waals surface area contributed by atoms with Crippen molar-refractivity contribution in [2.75, 3.05) is 14.2 Å². The van der Waals surface area contributed by atoms with E-state index in [9.17, 15) is 9.59 Å². The molecule has 37 heavy (non-hydrogen) atoms. The molecule has 0 unspecified atom stereocenters. The molecule has 184 valence electrons. The third-order valence-corrected chi connectivity index (χ3v) is 6.18. The summed E-state index contributed by atoms with van der Waals surface area (Å²) >= 11 is 6.61. The maximum absolute atomic E-state index is 12.2. The van der Waals surface area contributed by atoms with Gasteiger partial charge in [-0.3, -0.25) is 0 Å². The molecule has 0 saturated heterocycles. The number of aromatic nitrogens is 2. The summed E-state index contributed by atoms with van der Waals surface area (Å²) in [4.78, 5) is 31.8. The number of nitrogens with one attached hydrogen (secondary N) is 1. The van der Waals surface area contributed by atoms with Crippen LogP contribution in [0.5, 0.6) is 11.8 Å². The molecule has 8 heteroatoms. The first kappa shape index (κ1) is 24.1. The Labute approximate surface area is 217 Å². The quantitative estimate of drug-likeness (QED) is 0.248. The van der Waals surface area contributed by atoms with Gasteiger partial charge in [-0.1, -0.05) is 66.2 Å². The second kappa shape index (κ2) is 10.2. The number of rotatable bonds is 6. The summed E-state index contributed by atoms with van der Waals surface area (Å²) < 4.78 is 15.4. The molecule has 0 atom stereocenters. The standard InChI is InChI=1S/C29H21ClN2O5/c1-35-27(33)21-13-12-20(14-23(21)28(34)36-2)37-29-31-25-15-22(24(30)16-26(25)32-29)19-10-8-18(9-11-19)17-6-4-3-5-7-17/h3-16H,1-2H3,(H,31,32). The summed E-state index contributed by atoms with van der Waals surface area (Å²) in [6.07, 6.45) is 0. The first-order chi connectivity index (χ1) is 18.0. The first-order valence-corrected chi connectivity index (χ1v) is 11.7. The second-order valence-electron chi connectivity index (χ2n) is 8.13. The number of hydrogen-bond donors (Lipinski definition) is 1. The third-order valence-electron chi connectivity index (χ3n) is 5.87. The largest absolute Gasteiger partial charge is 0.465 e. The van der Waals surface area contributed by atoms with Gasteiger partial charge in [-0.25, -0.2) is 9.59 Å². The number of carbonyl (C=O) groups excluding carboxylic acids is 2. The van der Waals surface area contributed by atoms with Crippen LogP contribution in [0.25, 0.3) is 33.3 Å². The van der Waals surface area contributed by atoms with Crippen LogP contribution in [0.4, 0.5) is 0 Å². The van der Waals surface area contributed by atoms with Crippen LogP contribution in [0.3, 0.4) is 0 Å². The maximum Gasteiger partial charge on any atom is 0.338 e. The predicted octanol–water partition coefficient (Wildman–Crippen LogP) is 6.92. The van der Waals surface area contributed by atoms with Crippen molar-refractivity contribution in [1.82, 2.24) is 9.97 Å². The van der Waals surface area contributed by atoms with Crippen LogP contribution in [0.1, 0.15) is 20.7 Å². The van der Waals surface area contributed by atoms with Gasteiger partial charge in [0.05, 0.1) is 41.4 Å². The van der Waals surface area contributed by atoms with Gasteiger partial charge in [0.15, 0.2) is 0 Å². The molecule has 5 aromatic rings. The molecule has 0 fully saturated rings. The van der Waals surface area contributed by atoms with Crippen molar-refractivity contribution in [3.05, 3.63) is 101 Å². The highest BCUT2D eigenvalue weighted by atomic mass is 35.5. The highest BCUT2D eigenvalue weighted by molar-refractivity contribution is 6.34. The maximum atomic E-state index is 12.2. The van der Waals surface area contributed by atoms with Crippen molar-refractivity contribution < 1.29 is 23.8 Å². The van der Waals surface area contributed by atoms with Gasteiger partial charge >= 0.3 is 11.9 Å². The smallest absolute Gasteiger partial charge is 0.338 e. The van der Waals surface area contributed by atoms with Gasteiger partial charge in [-0.05, 0) is 47.0 Å². The van der Waals surface area contributed by atoms with Crippen LogP contribution in [0.2, 0.25) is 5.02 Å². The summed E-state index contributed by atoms with van der Waals surface area (Å²) in [6.45, 7) is 0. The van der Waals surface area contributed by atoms with Crippen molar-refractivity contribution in [2.24, 2.45) is 0 Å². The van der Waals surface area contributed by atoms with Crippen LogP contribution in [-0.2, 0) is 9.47 Å². The molecular formula is C29H21ClN2O5. The minimum Gasteiger partial charge on any atom is -0.465 e. The number of benzene rings is 4. The fourth-order valence-corrected chi connectivity index (χ4v) is 4.29. The number of ether oxygens (including phenoxy) is 3. The lowest BCUT2D eigenvalue weighted by Gasteiger charge is -2.08. The fourth-order valence-electron chi connectivity index (χ4n) is 4.01. The molecule has 0 aliphatic carbocycles. The number of fused-ring (bicyclic) bond motifs is 1. The Morgan fingerprint density at radius 1 is 0.757 bits per heavy atom. The number of aromatic amines is 1. The Morgan fingerprint density at radius 2 is 1.41 bits per heavy atom. The summed E-state index contributed by atoms with van der Waals surface area (Å²) in [5, 5.41) is 0.561.